The molecule has 1 N–H and O–H groups in total. The Labute approximate surface area is 141 Å². The monoisotopic (exact) mass is 334 g/mol. The summed E-state index contributed by atoms with van der Waals surface area (Å²) in [6, 6.07) is 0. The zero-order chi connectivity index (χ0) is 17.3. The van der Waals surface area contributed by atoms with Crippen LogP contribution in [0.15, 0.2) is 51.8 Å². The third-order valence-corrected chi connectivity index (χ3v) is 4.78. The SMILES string of the molecule is CC1(C)CN(C2=C(F)CCC(C3=C(F)C(CO)=CC=CC3)C=N2)C1. The van der Waals surface area contributed by atoms with E-state index < -0.39 is 0 Å². The second-order valence-electron chi connectivity index (χ2n) is 7.49. The minimum atomic E-state index is -0.382. The van der Waals surface area contributed by atoms with Gasteiger partial charge in [-0.05, 0) is 23.8 Å². The number of allylic oxidation sites excluding steroid dienone is 5. The predicted molar refractivity (Wildman–Crippen MR) is 91.8 cm³/mol. The Morgan fingerprint density at radius 3 is 2.75 bits per heavy atom. The molecule has 3 rings (SSSR count). The number of aliphatic hydroxyl groups excluding tert-OH is 1. The lowest BCUT2D eigenvalue weighted by molar-refractivity contribution is 0.0599. The fourth-order valence-corrected chi connectivity index (χ4v) is 3.54. The number of aliphatic hydroxyl groups is 1. The summed E-state index contributed by atoms with van der Waals surface area (Å²) in [5.74, 6) is -0.444. The second-order valence-corrected chi connectivity index (χ2v) is 7.49. The van der Waals surface area contributed by atoms with Gasteiger partial charge in [0.25, 0.3) is 0 Å². The highest BCUT2D eigenvalue weighted by Gasteiger charge is 2.37. The number of likely N-dealkylation sites (tertiary alicyclic amines) is 1. The van der Waals surface area contributed by atoms with Crippen molar-refractivity contribution in [2.45, 2.75) is 33.1 Å². The number of halogens is 2. The van der Waals surface area contributed by atoms with Crippen LogP contribution in [0.2, 0.25) is 0 Å². The molecule has 24 heavy (non-hydrogen) atoms. The summed E-state index contributed by atoms with van der Waals surface area (Å²) in [7, 11) is 0. The van der Waals surface area contributed by atoms with Crippen LogP contribution in [0.5, 0.6) is 0 Å². The maximum Gasteiger partial charge on any atom is 0.160 e. The number of hydrogen-bond donors (Lipinski definition) is 1. The van der Waals surface area contributed by atoms with Crippen LogP contribution in [0.4, 0.5) is 8.78 Å². The molecule has 0 amide bonds. The van der Waals surface area contributed by atoms with Gasteiger partial charge in [0, 0.05) is 37.2 Å². The lowest BCUT2D eigenvalue weighted by Gasteiger charge is -2.47. The fraction of sp³-hybridized carbons (Fsp3) is 0.526. The van der Waals surface area contributed by atoms with E-state index in [0.29, 0.717) is 24.2 Å². The van der Waals surface area contributed by atoms with Crippen molar-refractivity contribution in [3.05, 3.63) is 46.8 Å². The third kappa shape index (κ3) is 3.36. The highest BCUT2D eigenvalue weighted by molar-refractivity contribution is 5.68. The van der Waals surface area contributed by atoms with Crippen LogP contribution in [0.1, 0.15) is 33.1 Å². The van der Waals surface area contributed by atoms with Crippen molar-refractivity contribution in [1.29, 1.82) is 0 Å². The van der Waals surface area contributed by atoms with Crippen molar-refractivity contribution in [3.8, 4) is 0 Å². The van der Waals surface area contributed by atoms with E-state index in [0.717, 1.165) is 13.1 Å². The first-order valence-electron chi connectivity index (χ1n) is 8.44. The van der Waals surface area contributed by atoms with Crippen molar-refractivity contribution in [1.82, 2.24) is 4.90 Å². The molecule has 1 saturated heterocycles. The van der Waals surface area contributed by atoms with Crippen LogP contribution >= 0.6 is 0 Å². The summed E-state index contributed by atoms with van der Waals surface area (Å²) < 4.78 is 29.1. The van der Waals surface area contributed by atoms with E-state index in [2.05, 4.69) is 18.8 Å². The molecule has 1 atom stereocenters. The first kappa shape index (κ1) is 17.1. The van der Waals surface area contributed by atoms with Crippen LogP contribution in [-0.4, -0.2) is 35.9 Å². The van der Waals surface area contributed by atoms with Gasteiger partial charge < -0.3 is 10.0 Å². The zero-order valence-electron chi connectivity index (χ0n) is 14.2. The van der Waals surface area contributed by atoms with Gasteiger partial charge in [0.1, 0.15) is 11.7 Å². The summed E-state index contributed by atoms with van der Waals surface area (Å²) in [6.45, 7) is 5.52. The largest absolute Gasteiger partial charge is 0.392 e. The van der Waals surface area contributed by atoms with Gasteiger partial charge in [-0.3, -0.25) is 0 Å². The second kappa shape index (κ2) is 6.63. The lowest BCUT2D eigenvalue weighted by Crippen LogP contribution is -2.51. The van der Waals surface area contributed by atoms with Gasteiger partial charge in [0.05, 0.1) is 6.61 Å². The van der Waals surface area contributed by atoms with Gasteiger partial charge in [0.2, 0.25) is 0 Å². The smallest absolute Gasteiger partial charge is 0.160 e. The van der Waals surface area contributed by atoms with Crippen molar-refractivity contribution < 1.29 is 13.9 Å². The van der Waals surface area contributed by atoms with Crippen molar-refractivity contribution in [2.24, 2.45) is 16.3 Å². The average molecular weight is 334 g/mol. The Bertz CT molecular complexity index is 663. The quantitative estimate of drug-likeness (QED) is 0.845. The summed E-state index contributed by atoms with van der Waals surface area (Å²) in [4.78, 5) is 6.31. The maximum absolute atomic E-state index is 14.7. The van der Waals surface area contributed by atoms with Crippen LogP contribution in [-0.2, 0) is 0 Å². The fourth-order valence-electron chi connectivity index (χ4n) is 3.54. The minimum absolute atomic E-state index is 0.191. The van der Waals surface area contributed by atoms with Crippen LogP contribution < -0.4 is 0 Å². The van der Waals surface area contributed by atoms with Crippen molar-refractivity contribution in [2.75, 3.05) is 19.7 Å². The molecule has 3 aliphatic rings. The first-order chi connectivity index (χ1) is 11.4. The average Bonchev–Trinajstić information content (AvgIpc) is 2.81. The van der Waals surface area contributed by atoms with Gasteiger partial charge in [-0.2, -0.15) is 0 Å². The predicted octanol–water partition coefficient (Wildman–Crippen LogP) is 4.05. The summed E-state index contributed by atoms with van der Waals surface area (Å²) in [6.07, 6.45) is 8.08. The van der Waals surface area contributed by atoms with Crippen molar-refractivity contribution >= 4 is 6.21 Å². The molecule has 0 radical (unpaired) electrons. The molecular formula is C19H24F2N2O. The number of aliphatic imine (C=N–C) groups is 1. The number of nitrogens with zero attached hydrogens (tertiary/aromatic N) is 2. The molecule has 5 heteroatoms. The van der Waals surface area contributed by atoms with E-state index in [1.54, 1.807) is 18.4 Å². The van der Waals surface area contributed by atoms with E-state index >= 15 is 0 Å². The highest BCUT2D eigenvalue weighted by Crippen LogP contribution is 2.37. The van der Waals surface area contributed by atoms with E-state index in [1.165, 1.54) is 0 Å². The Hall–Kier alpha value is -1.75. The zero-order valence-corrected chi connectivity index (χ0v) is 14.2. The lowest BCUT2D eigenvalue weighted by atomic mass is 9.84. The molecule has 1 unspecified atom stereocenters. The van der Waals surface area contributed by atoms with E-state index in [9.17, 15) is 13.9 Å². The van der Waals surface area contributed by atoms with Crippen LogP contribution in [0.25, 0.3) is 0 Å². The van der Waals surface area contributed by atoms with Crippen LogP contribution in [0, 0.1) is 11.3 Å². The van der Waals surface area contributed by atoms with E-state index in [4.69, 9.17) is 0 Å². The summed E-state index contributed by atoms with van der Waals surface area (Å²) in [5.41, 5.74) is 1.04. The van der Waals surface area contributed by atoms with E-state index in [1.807, 2.05) is 11.0 Å². The summed E-state index contributed by atoms with van der Waals surface area (Å²) in [5, 5.41) is 9.32. The van der Waals surface area contributed by atoms with Gasteiger partial charge in [-0.1, -0.05) is 32.1 Å². The topological polar surface area (TPSA) is 35.8 Å². The minimum Gasteiger partial charge on any atom is -0.392 e. The van der Waals surface area contributed by atoms with Crippen LogP contribution in [0.3, 0.4) is 0 Å². The normalized spacial score (nSPS) is 27.0. The molecule has 1 fully saturated rings. The molecule has 3 nitrogen and oxygen atoms in total. The third-order valence-electron chi connectivity index (χ3n) is 4.78. The molecule has 2 aliphatic heterocycles. The molecule has 1 aliphatic carbocycles. The van der Waals surface area contributed by atoms with Gasteiger partial charge in [-0.25, -0.2) is 13.8 Å². The number of rotatable bonds is 3. The summed E-state index contributed by atoms with van der Waals surface area (Å²) >= 11 is 0. The Morgan fingerprint density at radius 1 is 1.33 bits per heavy atom. The molecule has 0 spiro atoms. The Kier molecular flexibility index (Phi) is 4.72. The molecule has 0 aromatic carbocycles. The standard InChI is InChI=1S/C19H24F2N2O/c1-19(2)11-23(12-19)18-16(20)8-7-13(9-22-18)15-6-4-3-5-14(10-24)17(15)21/h3-5,9,13,24H,6-8,10-12H2,1-2H3. The van der Waals surface area contributed by atoms with Gasteiger partial charge >= 0.3 is 0 Å². The van der Waals surface area contributed by atoms with Gasteiger partial charge in [0.15, 0.2) is 5.82 Å². The Balaban J connectivity index is 1.81. The molecular weight excluding hydrogens is 310 g/mol. The maximum atomic E-state index is 14.7. The molecule has 130 valence electrons. The molecule has 0 aromatic rings. The van der Waals surface area contributed by atoms with E-state index in [-0.39, 0.29) is 41.6 Å². The van der Waals surface area contributed by atoms with Crippen molar-refractivity contribution in [3.63, 3.8) is 0 Å². The van der Waals surface area contributed by atoms with Gasteiger partial charge in [-0.15, -0.1) is 0 Å². The Morgan fingerprint density at radius 2 is 2.08 bits per heavy atom. The number of hydrogen-bond acceptors (Lipinski definition) is 3. The highest BCUT2D eigenvalue weighted by atomic mass is 19.1. The molecule has 2 heterocycles. The molecule has 0 saturated carbocycles. The molecule has 0 aromatic heterocycles. The first-order valence-corrected chi connectivity index (χ1v) is 8.44. The molecule has 0 bridgehead atoms.